The highest BCUT2D eigenvalue weighted by Gasteiger charge is 2.42. The third-order valence-electron chi connectivity index (χ3n) is 4.29. The highest BCUT2D eigenvalue weighted by Crippen LogP contribution is 2.44. The number of carboxylic acids is 1. The van der Waals surface area contributed by atoms with E-state index in [9.17, 15) is 9.59 Å². The van der Waals surface area contributed by atoms with E-state index < -0.39 is 5.97 Å². The monoisotopic (exact) mass is 305 g/mol. The van der Waals surface area contributed by atoms with Crippen LogP contribution in [0.4, 0.5) is 5.69 Å². The zero-order chi connectivity index (χ0) is 15.0. The molecule has 0 aliphatic heterocycles. The van der Waals surface area contributed by atoms with Crippen molar-refractivity contribution < 1.29 is 14.7 Å². The number of fused-ring (bicyclic) bond motifs is 2. The molecular formula is C16H16ClNO3. The molecule has 0 spiro atoms. The molecule has 3 rings (SSSR count). The number of nitrogens with zero attached hydrogens (tertiary/aromatic N) is 1. The molecule has 4 nitrogen and oxygen atoms in total. The summed E-state index contributed by atoms with van der Waals surface area (Å²) in [4.78, 5) is 25.2. The maximum absolute atomic E-state index is 12.8. The zero-order valence-electron chi connectivity index (χ0n) is 11.4. The first-order valence-corrected chi connectivity index (χ1v) is 7.39. The number of hydrogen-bond acceptors (Lipinski definition) is 2. The van der Waals surface area contributed by atoms with Crippen LogP contribution in [0.2, 0.25) is 5.02 Å². The Hall–Kier alpha value is -1.81. The van der Waals surface area contributed by atoms with E-state index in [0.717, 1.165) is 12.8 Å². The molecule has 21 heavy (non-hydrogen) atoms. The number of amides is 1. The Morgan fingerprint density at radius 3 is 2.43 bits per heavy atom. The summed E-state index contributed by atoms with van der Waals surface area (Å²) in [6, 6.07) is 6.71. The van der Waals surface area contributed by atoms with Crippen molar-refractivity contribution in [1.29, 1.82) is 0 Å². The minimum Gasteiger partial charge on any atom is -0.480 e. The Labute approximate surface area is 128 Å². The van der Waals surface area contributed by atoms with Crippen molar-refractivity contribution in [2.45, 2.75) is 12.8 Å². The maximum atomic E-state index is 12.8. The Balaban J connectivity index is 1.85. The number of halogens is 1. The van der Waals surface area contributed by atoms with Crippen LogP contribution in [0.5, 0.6) is 0 Å². The average Bonchev–Trinajstić information content (AvgIpc) is 3.07. The smallest absolute Gasteiger partial charge is 0.323 e. The lowest BCUT2D eigenvalue weighted by atomic mass is 9.92. The van der Waals surface area contributed by atoms with Crippen molar-refractivity contribution >= 4 is 29.2 Å². The summed E-state index contributed by atoms with van der Waals surface area (Å²) < 4.78 is 0. The first kappa shape index (κ1) is 14.1. The van der Waals surface area contributed by atoms with Gasteiger partial charge in [0.15, 0.2) is 0 Å². The first-order valence-electron chi connectivity index (χ1n) is 7.01. The summed E-state index contributed by atoms with van der Waals surface area (Å²) in [5.41, 5.74) is 0.582. The summed E-state index contributed by atoms with van der Waals surface area (Å²) in [5.74, 6) is -0.490. The lowest BCUT2D eigenvalue weighted by Gasteiger charge is -2.27. The van der Waals surface area contributed by atoms with Gasteiger partial charge in [0.1, 0.15) is 6.54 Å². The minimum absolute atomic E-state index is 0.100. The van der Waals surface area contributed by atoms with E-state index in [-0.39, 0.29) is 24.3 Å². The largest absolute Gasteiger partial charge is 0.480 e. The normalized spacial score (nSPS) is 26.0. The molecule has 2 aliphatic carbocycles. The Morgan fingerprint density at radius 1 is 1.19 bits per heavy atom. The van der Waals surface area contributed by atoms with E-state index in [1.54, 1.807) is 24.3 Å². The van der Waals surface area contributed by atoms with Gasteiger partial charge in [0.25, 0.3) is 0 Å². The van der Waals surface area contributed by atoms with Gasteiger partial charge >= 0.3 is 5.97 Å². The van der Waals surface area contributed by atoms with E-state index in [1.807, 2.05) is 0 Å². The lowest BCUT2D eigenvalue weighted by Crippen LogP contribution is -2.41. The Morgan fingerprint density at radius 2 is 1.90 bits per heavy atom. The van der Waals surface area contributed by atoms with E-state index in [0.29, 0.717) is 16.6 Å². The Kier molecular flexibility index (Phi) is 3.72. The van der Waals surface area contributed by atoms with Crippen LogP contribution < -0.4 is 4.90 Å². The molecule has 0 saturated heterocycles. The number of carbonyl (C=O) groups excluding carboxylic acids is 1. The molecule has 2 bridgehead atoms. The molecule has 0 aromatic heterocycles. The second-order valence-electron chi connectivity index (χ2n) is 5.68. The fourth-order valence-corrected chi connectivity index (χ4v) is 3.44. The second kappa shape index (κ2) is 5.53. The zero-order valence-corrected chi connectivity index (χ0v) is 12.2. The van der Waals surface area contributed by atoms with Gasteiger partial charge in [0, 0.05) is 16.6 Å². The van der Waals surface area contributed by atoms with Crippen LogP contribution in [-0.2, 0) is 9.59 Å². The molecule has 1 N–H and O–H groups in total. The summed E-state index contributed by atoms with van der Waals surface area (Å²) in [6.07, 6.45) is 6.09. The second-order valence-corrected chi connectivity index (χ2v) is 6.12. The highest BCUT2D eigenvalue weighted by molar-refractivity contribution is 6.30. The topological polar surface area (TPSA) is 57.6 Å². The van der Waals surface area contributed by atoms with Crippen molar-refractivity contribution in [3.8, 4) is 0 Å². The predicted octanol–water partition coefficient (Wildman–Crippen LogP) is 2.97. The first-order chi connectivity index (χ1) is 10.0. The minimum atomic E-state index is -1.02. The highest BCUT2D eigenvalue weighted by atomic mass is 35.5. The maximum Gasteiger partial charge on any atom is 0.323 e. The van der Waals surface area contributed by atoms with Crippen molar-refractivity contribution in [2.24, 2.45) is 17.8 Å². The van der Waals surface area contributed by atoms with Gasteiger partial charge in [-0.15, -0.1) is 0 Å². The van der Waals surface area contributed by atoms with Gasteiger partial charge in [-0.25, -0.2) is 0 Å². The fraction of sp³-hybridized carbons (Fsp3) is 0.375. The lowest BCUT2D eigenvalue weighted by molar-refractivity contribution is -0.137. The van der Waals surface area contributed by atoms with Crippen LogP contribution in [0.1, 0.15) is 12.8 Å². The van der Waals surface area contributed by atoms with Gasteiger partial charge in [-0.05, 0) is 48.9 Å². The fourth-order valence-electron chi connectivity index (χ4n) is 3.32. The number of rotatable bonds is 4. The Bertz CT molecular complexity index is 596. The van der Waals surface area contributed by atoms with Crippen LogP contribution >= 0.6 is 11.6 Å². The van der Waals surface area contributed by atoms with Crippen LogP contribution in [-0.4, -0.2) is 23.5 Å². The van der Waals surface area contributed by atoms with Crippen LogP contribution in [0.25, 0.3) is 0 Å². The number of benzene rings is 1. The van der Waals surface area contributed by atoms with Gasteiger partial charge in [-0.3, -0.25) is 9.59 Å². The van der Waals surface area contributed by atoms with E-state index in [2.05, 4.69) is 12.2 Å². The molecule has 1 aromatic rings. The third-order valence-corrected chi connectivity index (χ3v) is 4.55. The standard InChI is InChI=1S/C16H16ClNO3/c17-12-3-5-13(6-4-12)18(9-15(19)20)16(21)14-8-10-1-2-11(14)7-10/h1-6,10-11,14H,7-9H2,(H,19,20). The van der Waals surface area contributed by atoms with Gasteiger partial charge in [-0.2, -0.15) is 0 Å². The molecular weight excluding hydrogens is 290 g/mol. The summed E-state index contributed by atoms with van der Waals surface area (Å²) in [7, 11) is 0. The number of allylic oxidation sites excluding steroid dienone is 2. The number of aliphatic carboxylic acids is 1. The van der Waals surface area contributed by atoms with Crippen LogP contribution in [0.15, 0.2) is 36.4 Å². The molecule has 0 radical (unpaired) electrons. The van der Waals surface area contributed by atoms with E-state index in [4.69, 9.17) is 16.7 Å². The van der Waals surface area contributed by atoms with Crippen molar-refractivity contribution in [2.75, 3.05) is 11.4 Å². The number of carbonyl (C=O) groups is 2. The molecule has 2 aliphatic rings. The van der Waals surface area contributed by atoms with Gasteiger partial charge in [-0.1, -0.05) is 23.8 Å². The van der Waals surface area contributed by atoms with E-state index in [1.165, 1.54) is 4.90 Å². The number of anilines is 1. The number of hydrogen-bond donors (Lipinski definition) is 1. The summed E-state index contributed by atoms with van der Waals surface area (Å²) in [5, 5.41) is 9.65. The molecule has 1 saturated carbocycles. The predicted molar refractivity (Wildman–Crippen MR) is 80.3 cm³/mol. The van der Waals surface area contributed by atoms with Crippen molar-refractivity contribution in [3.63, 3.8) is 0 Å². The molecule has 0 heterocycles. The summed E-state index contributed by atoms with van der Waals surface area (Å²) >= 11 is 5.85. The van der Waals surface area contributed by atoms with Crippen LogP contribution in [0, 0.1) is 17.8 Å². The third kappa shape index (κ3) is 2.81. The average molecular weight is 306 g/mol. The SMILES string of the molecule is O=C(O)CN(C(=O)C1CC2C=CC1C2)c1ccc(Cl)cc1. The molecule has 1 aromatic carbocycles. The van der Waals surface area contributed by atoms with E-state index >= 15 is 0 Å². The molecule has 1 fully saturated rings. The van der Waals surface area contributed by atoms with Crippen LogP contribution in [0.3, 0.4) is 0 Å². The van der Waals surface area contributed by atoms with Gasteiger partial charge in [0.05, 0.1) is 0 Å². The van der Waals surface area contributed by atoms with Gasteiger partial charge < -0.3 is 10.0 Å². The van der Waals surface area contributed by atoms with Crippen molar-refractivity contribution in [3.05, 3.63) is 41.4 Å². The molecule has 5 heteroatoms. The quantitative estimate of drug-likeness (QED) is 0.870. The molecule has 3 atom stereocenters. The van der Waals surface area contributed by atoms with Crippen molar-refractivity contribution in [1.82, 2.24) is 0 Å². The molecule has 110 valence electrons. The van der Waals surface area contributed by atoms with Gasteiger partial charge in [0.2, 0.25) is 5.91 Å². The molecule has 1 amide bonds. The molecule has 3 unspecified atom stereocenters. The number of carboxylic acid groups (broad SMARTS) is 1. The summed E-state index contributed by atoms with van der Waals surface area (Å²) in [6.45, 7) is -0.321.